The minimum atomic E-state index is -0.499. The standard InChI is InChI=1S/C19H27FN2O5/c1-14(23)21-10-6-4-5-7-19(25)27-13-18(24)22(2)12-15-8-9-17(26-3)16(20)11-15/h8-9,11H,4-7,10,12-13H2,1-3H3,(H,21,23). The number of nitrogens with one attached hydrogen (secondary N) is 1. The zero-order valence-corrected chi connectivity index (χ0v) is 16.0. The third kappa shape index (κ3) is 9.03. The number of benzene rings is 1. The van der Waals surface area contributed by atoms with Crippen molar-refractivity contribution in [2.24, 2.45) is 0 Å². The Morgan fingerprint density at radius 2 is 1.93 bits per heavy atom. The molecule has 1 aromatic rings. The van der Waals surface area contributed by atoms with Crippen molar-refractivity contribution in [3.8, 4) is 5.75 Å². The number of rotatable bonds is 11. The van der Waals surface area contributed by atoms with E-state index in [1.807, 2.05) is 0 Å². The molecule has 0 saturated heterocycles. The van der Waals surface area contributed by atoms with Crippen LogP contribution in [0.3, 0.4) is 0 Å². The first kappa shape index (κ1) is 22.4. The van der Waals surface area contributed by atoms with Crippen molar-refractivity contribution in [1.29, 1.82) is 0 Å². The van der Waals surface area contributed by atoms with E-state index in [0.717, 1.165) is 12.8 Å². The van der Waals surface area contributed by atoms with Gasteiger partial charge in [0.15, 0.2) is 18.2 Å². The predicted molar refractivity (Wildman–Crippen MR) is 97.5 cm³/mol. The zero-order chi connectivity index (χ0) is 20.2. The van der Waals surface area contributed by atoms with Crippen molar-refractivity contribution in [3.05, 3.63) is 29.6 Å². The lowest BCUT2D eigenvalue weighted by molar-refractivity contribution is -0.151. The molecular formula is C19H27FN2O5. The lowest BCUT2D eigenvalue weighted by Gasteiger charge is -2.17. The van der Waals surface area contributed by atoms with Gasteiger partial charge in [-0.05, 0) is 30.5 Å². The van der Waals surface area contributed by atoms with Gasteiger partial charge in [0, 0.05) is 33.5 Å². The molecule has 0 aromatic heterocycles. The van der Waals surface area contributed by atoms with Crippen molar-refractivity contribution in [3.63, 3.8) is 0 Å². The number of carbonyl (C=O) groups is 3. The summed E-state index contributed by atoms with van der Waals surface area (Å²) in [6, 6.07) is 4.46. The van der Waals surface area contributed by atoms with Gasteiger partial charge in [-0.1, -0.05) is 12.5 Å². The smallest absolute Gasteiger partial charge is 0.306 e. The summed E-state index contributed by atoms with van der Waals surface area (Å²) in [5.41, 5.74) is 0.606. The number of carbonyl (C=O) groups excluding carboxylic acids is 3. The monoisotopic (exact) mass is 382 g/mol. The summed E-state index contributed by atoms with van der Waals surface area (Å²) < 4.78 is 23.5. The summed E-state index contributed by atoms with van der Waals surface area (Å²) in [6.07, 6.45) is 2.42. The summed E-state index contributed by atoms with van der Waals surface area (Å²) in [5.74, 6) is -1.24. The van der Waals surface area contributed by atoms with Crippen LogP contribution in [0.2, 0.25) is 0 Å². The second-order valence-electron chi connectivity index (χ2n) is 6.17. The Kier molecular flexibility index (Phi) is 9.85. The molecule has 0 fully saturated rings. The SMILES string of the molecule is COc1ccc(CN(C)C(=O)COC(=O)CCCCCNC(C)=O)cc1F. The molecule has 0 aliphatic heterocycles. The molecule has 2 amide bonds. The van der Waals surface area contributed by atoms with E-state index < -0.39 is 11.8 Å². The Labute approximate surface area is 158 Å². The van der Waals surface area contributed by atoms with Crippen LogP contribution in [-0.4, -0.2) is 50.0 Å². The fourth-order valence-electron chi connectivity index (χ4n) is 2.33. The molecule has 0 saturated carbocycles. The van der Waals surface area contributed by atoms with Gasteiger partial charge >= 0.3 is 5.97 Å². The maximum Gasteiger partial charge on any atom is 0.306 e. The normalized spacial score (nSPS) is 10.2. The molecule has 0 aliphatic carbocycles. The van der Waals surface area contributed by atoms with Gasteiger partial charge in [-0.2, -0.15) is 0 Å². The summed E-state index contributed by atoms with van der Waals surface area (Å²) in [5, 5.41) is 2.68. The third-order valence-electron chi connectivity index (χ3n) is 3.85. The summed E-state index contributed by atoms with van der Waals surface area (Å²) in [4.78, 5) is 35.8. The van der Waals surface area contributed by atoms with Crippen LogP contribution in [0.1, 0.15) is 38.2 Å². The quantitative estimate of drug-likeness (QED) is 0.468. The fourth-order valence-corrected chi connectivity index (χ4v) is 2.33. The van der Waals surface area contributed by atoms with E-state index in [0.29, 0.717) is 18.5 Å². The van der Waals surface area contributed by atoms with Gasteiger partial charge in [0.05, 0.1) is 7.11 Å². The second-order valence-corrected chi connectivity index (χ2v) is 6.17. The Morgan fingerprint density at radius 3 is 2.56 bits per heavy atom. The van der Waals surface area contributed by atoms with Crippen LogP contribution in [0.5, 0.6) is 5.75 Å². The van der Waals surface area contributed by atoms with E-state index in [4.69, 9.17) is 9.47 Å². The van der Waals surface area contributed by atoms with E-state index in [-0.39, 0.29) is 37.1 Å². The van der Waals surface area contributed by atoms with Crippen LogP contribution in [0, 0.1) is 5.82 Å². The number of ether oxygens (including phenoxy) is 2. The number of halogens is 1. The van der Waals surface area contributed by atoms with Crippen molar-refractivity contribution < 1.29 is 28.2 Å². The van der Waals surface area contributed by atoms with Crippen LogP contribution < -0.4 is 10.1 Å². The minimum absolute atomic E-state index is 0.0746. The van der Waals surface area contributed by atoms with Gasteiger partial charge in [-0.15, -0.1) is 0 Å². The van der Waals surface area contributed by atoms with Crippen molar-refractivity contribution in [2.75, 3.05) is 27.3 Å². The highest BCUT2D eigenvalue weighted by molar-refractivity contribution is 5.80. The molecule has 7 nitrogen and oxygen atoms in total. The van der Waals surface area contributed by atoms with Gasteiger partial charge < -0.3 is 19.7 Å². The molecule has 150 valence electrons. The number of likely N-dealkylation sites (N-methyl/N-ethyl adjacent to an activating group) is 1. The summed E-state index contributed by atoms with van der Waals surface area (Å²) in [6.45, 7) is 1.89. The highest BCUT2D eigenvalue weighted by Gasteiger charge is 2.13. The first-order valence-corrected chi connectivity index (χ1v) is 8.80. The lowest BCUT2D eigenvalue weighted by Crippen LogP contribution is -2.30. The first-order chi connectivity index (χ1) is 12.8. The Balaban J connectivity index is 2.25. The van der Waals surface area contributed by atoms with E-state index in [1.54, 1.807) is 13.1 Å². The molecule has 0 atom stereocenters. The molecule has 0 bridgehead atoms. The largest absolute Gasteiger partial charge is 0.494 e. The second kappa shape index (κ2) is 11.9. The van der Waals surface area contributed by atoms with Crippen molar-refractivity contribution in [1.82, 2.24) is 10.2 Å². The Hall–Kier alpha value is -2.64. The molecule has 0 radical (unpaired) electrons. The average molecular weight is 382 g/mol. The molecule has 1 rings (SSSR count). The topological polar surface area (TPSA) is 84.9 Å². The van der Waals surface area contributed by atoms with Crippen LogP contribution in [0.15, 0.2) is 18.2 Å². The van der Waals surface area contributed by atoms with Gasteiger partial charge in [-0.25, -0.2) is 4.39 Å². The molecule has 8 heteroatoms. The number of hydrogen-bond donors (Lipinski definition) is 1. The number of unbranched alkanes of at least 4 members (excludes halogenated alkanes) is 2. The van der Waals surface area contributed by atoms with E-state index in [1.165, 1.54) is 31.1 Å². The fraction of sp³-hybridized carbons (Fsp3) is 0.526. The molecule has 0 heterocycles. The number of esters is 1. The van der Waals surface area contributed by atoms with Crippen LogP contribution in [-0.2, 0) is 25.7 Å². The summed E-state index contributed by atoms with van der Waals surface area (Å²) >= 11 is 0. The molecule has 1 aromatic carbocycles. The van der Waals surface area contributed by atoms with Gasteiger partial charge in [-0.3, -0.25) is 14.4 Å². The maximum atomic E-state index is 13.7. The van der Waals surface area contributed by atoms with Gasteiger partial charge in [0.2, 0.25) is 5.91 Å². The number of amides is 2. The minimum Gasteiger partial charge on any atom is -0.494 e. The van der Waals surface area contributed by atoms with Crippen LogP contribution >= 0.6 is 0 Å². The van der Waals surface area contributed by atoms with Gasteiger partial charge in [0.1, 0.15) is 0 Å². The Bertz CT molecular complexity index is 651. The average Bonchev–Trinajstić information content (AvgIpc) is 2.62. The number of nitrogens with zero attached hydrogens (tertiary/aromatic N) is 1. The zero-order valence-electron chi connectivity index (χ0n) is 16.0. The molecule has 1 N–H and O–H groups in total. The van der Waals surface area contributed by atoms with Crippen molar-refractivity contribution >= 4 is 17.8 Å². The Morgan fingerprint density at radius 1 is 1.19 bits per heavy atom. The number of methoxy groups -OCH3 is 1. The van der Waals surface area contributed by atoms with E-state index in [9.17, 15) is 18.8 Å². The maximum absolute atomic E-state index is 13.7. The highest BCUT2D eigenvalue weighted by atomic mass is 19.1. The highest BCUT2D eigenvalue weighted by Crippen LogP contribution is 2.18. The first-order valence-electron chi connectivity index (χ1n) is 8.80. The lowest BCUT2D eigenvalue weighted by atomic mass is 10.2. The number of hydrogen-bond acceptors (Lipinski definition) is 5. The molecule has 27 heavy (non-hydrogen) atoms. The van der Waals surface area contributed by atoms with E-state index in [2.05, 4.69) is 5.32 Å². The molecule has 0 unspecified atom stereocenters. The van der Waals surface area contributed by atoms with Crippen LogP contribution in [0.25, 0.3) is 0 Å². The van der Waals surface area contributed by atoms with Crippen molar-refractivity contribution in [2.45, 2.75) is 39.2 Å². The summed E-state index contributed by atoms with van der Waals surface area (Å²) in [7, 11) is 2.94. The van der Waals surface area contributed by atoms with Crippen LogP contribution in [0.4, 0.5) is 4.39 Å². The molecule has 0 aliphatic rings. The molecular weight excluding hydrogens is 355 g/mol. The van der Waals surface area contributed by atoms with Gasteiger partial charge in [0.25, 0.3) is 5.91 Å². The molecule has 0 spiro atoms. The predicted octanol–water partition coefficient (Wildman–Crippen LogP) is 2.03. The van der Waals surface area contributed by atoms with E-state index >= 15 is 0 Å². The third-order valence-corrected chi connectivity index (χ3v) is 3.85.